The van der Waals surface area contributed by atoms with E-state index in [1.807, 2.05) is 0 Å². The Bertz CT molecular complexity index is 745. The minimum Gasteiger partial charge on any atom is -0.497 e. The van der Waals surface area contributed by atoms with Crippen LogP contribution in [0.1, 0.15) is 68.1 Å². The van der Waals surface area contributed by atoms with Crippen LogP contribution in [0.5, 0.6) is 5.75 Å². The minimum atomic E-state index is -0.195. The summed E-state index contributed by atoms with van der Waals surface area (Å²) >= 11 is 0. The Morgan fingerprint density at radius 2 is 2.03 bits per heavy atom. The molecule has 0 saturated heterocycles. The fourth-order valence-corrected chi connectivity index (χ4v) is 5.23. The largest absolute Gasteiger partial charge is 0.497 e. The highest BCUT2D eigenvalue weighted by molar-refractivity contribution is 5.80. The Kier molecular flexibility index (Phi) is 7.33. The number of esters is 1. The zero-order valence-corrected chi connectivity index (χ0v) is 18.3. The van der Waals surface area contributed by atoms with Gasteiger partial charge in [-0.2, -0.15) is 0 Å². The number of benzene rings is 1. The summed E-state index contributed by atoms with van der Waals surface area (Å²) in [5.74, 6) is 1.74. The Morgan fingerprint density at radius 3 is 2.72 bits per heavy atom. The zero-order valence-electron chi connectivity index (χ0n) is 18.3. The number of unbranched alkanes of at least 4 members (excludes halogenated alkanes) is 1. The van der Waals surface area contributed by atoms with Gasteiger partial charge in [-0.25, -0.2) is 0 Å². The van der Waals surface area contributed by atoms with E-state index in [1.54, 1.807) is 7.11 Å². The van der Waals surface area contributed by atoms with Crippen molar-refractivity contribution in [3.63, 3.8) is 0 Å². The number of likely N-dealkylation sites (N-methyl/N-ethyl adjacent to an activating group) is 1. The van der Waals surface area contributed by atoms with Gasteiger partial charge in [0.05, 0.1) is 14.2 Å². The molecule has 1 aromatic rings. The van der Waals surface area contributed by atoms with Crippen LogP contribution in [0.15, 0.2) is 12.1 Å². The standard InChI is InChI=1S/C24H35NO4/c1-5-6-11-25(2)23-15-20-16(7-10-24(27)29-4)12-18(28-3)14-22(20)21-13-17(26)8-9-19(21)23/h12,14,19,21,23H,5-11,13,15H2,1-4H3. The molecule has 0 heterocycles. The number of hydrogen-bond donors (Lipinski definition) is 0. The Balaban J connectivity index is 1.99. The molecule has 0 radical (unpaired) electrons. The summed E-state index contributed by atoms with van der Waals surface area (Å²) in [6.45, 7) is 3.31. The second kappa shape index (κ2) is 9.75. The van der Waals surface area contributed by atoms with Crippen molar-refractivity contribution in [2.24, 2.45) is 5.92 Å². The molecule has 1 fully saturated rings. The molecule has 0 amide bonds. The van der Waals surface area contributed by atoms with Crippen LogP contribution in [0.3, 0.4) is 0 Å². The van der Waals surface area contributed by atoms with E-state index >= 15 is 0 Å². The Labute approximate surface area is 174 Å². The van der Waals surface area contributed by atoms with E-state index in [4.69, 9.17) is 9.47 Å². The molecule has 160 valence electrons. The van der Waals surface area contributed by atoms with E-state index in [0.717, 1.165) is 30.7 Å². The van der Waals surface area contributed by atoms with Crippen LogP contribution in [0, 0.1) is 5.92 Å². The third-order valence-electron chi connectivity index (χ3n) is 6.87. The highest BCUT2D eigenvalue weighted by atomic mass is 16.5. The highest BCUT2D eigenvalue weighted by Gasteiger charge is 2.42. The molecule has 0 aliphatic heterocycles. The monoisotopic (exact) mass is 401 g/mol. The summed E-state index contributed by atoms with van der Waals surface area (Å²) in [5, 5.41) is 0. The molecule has 0 N–H and O–H groups in total. The first kappa shape index (κ1) is 21.8. The Morgan fingerprint density at radius 1 is 1.24 bits per heavy atom. The van der Waals surface area contributed by atoms with Crippen molar-refractivity contribution < 1.29 is 19.1 Å². The second-order valence-electron chi connectivity index (χ2n) is 8.59. The summed E-state index contributed by atoms with van der Waals surface area (Å²) in [5.41, 5.74) is 3.75. The van der Waals surface area contributed by atoms with Crippen molar-refractivity contribution >= 4 is 11.8 Å². The fourth-order valence-electron chi connectivity index (χ4n) is 5.23. The third kappa shape index (κ3) is 4.82. The number of ether oxygens (including phenoxy) is 2. The Hall–Kier alpha value is -1.88. The lowest BCUT2D eigenvalue weighted by molar-refractivity contribution is -0.140. The molecule has 5 nitrogen and oxygen atoms in total. The normalized spacial score (nSPS) is 23.5. The van der Waals surface area contributed by atoms with E-state index in [1.165, 1.54) is 31.1 Å². The van der Waals surface area contributed by atoms with Crippen molar-refractivity contribution in [3.8, 4) is 5.75 Å². The summed E-state index contributed by atoms with van der Waals surface area (Å²) in [6.07, 6.45) is 6.65. The van der Waals surface area contributed by atoms with Gasteiger partial charge < -0.3 is 14.4 Å². The average Bonchev–Trinajstić information content (AvgIpc) is 2.74. The predicted molar refractivity (Wildman–Crippen MR) is 113 cm³/mol. The number of hydrogen-bond acceptors (Lipinski definition) is 5. The molecule has 2 aliphatic carbocycles. The van der Waals surface area contributed by atoms with Crippen LogP contribution in [-0.4, -0.2) is 50.5 Å². The third-order valence-corrected chi connectivity index (χ3v) is 6.87. The number of carbonyl (C=O) groups is 2. The molecule has 0 spiro atoms. The number of nitrogens with zero attached hydrogens (tertiary/aromatic N) is 1. The maximum atomic E-state index is 12.4. The molecular weight excluding hydrogens is 366 g/mol. The van der Waals surface area contributed by atoms with Gasteiger partial charge in [0.15, 0.2) is 0 Å². The van der Waals surface area contributed by atoms with Crippen molar-refractivity contribution in [2.75, 3.05) is 27.8 Å². The van der Waals surface area contributed by atoms with Gasteiger partial charge in [-0.15, -0.1) is 0 Å². The quantitative estimate of drug-likeness (QED) is 0.618. The molecule has 0 bridgehead atoms. The van der Waals surface area contributed by atoms with Gasteiger partial charge >= 0.3 is 5.97 Å². The summed E-state index contributed by atoms with van der Waals surface area (Å²) in [6, 6.07) is 4.64. The molecule has 3 unspecified atom stereocenters. The lowest BCUT2D eigenvalue weighted by atomic mass is 9.64. The first-order valence-electron chi connectivity index (χ1n) is 11.0. The number of carbonyl (C=O) groups excluding carboxylic acids is 2. The summed E-state index contributed by atoms with van der Waals surface area (Å²) in [4.78, 5) is 26.6. The van der Waals surface area contributed by atoms with Gasteiger partial charge in [-0.05, 0) is 79.9 Å². The van der Waals surface area contributed by atoms with Gasteiger partial charge in [0.1, 0.15) is 11.5 Å². The molecule has 3 atom stereocenters. The van der Waals surface area contributed by atoms with Gasteiger partial charge in [0, 0.05) is 25.3 Å². The van der Waals surface area contributed by atoms with Crippen LogP contribution in [0.2, 0.25) is 0 Å². The van der Waals surface area contributed by atoms with Crippen LogP contribution >= 0.6 is 0 Å². The molecular formula is C24H35NO4. The lowest BCUT2D eigenvalue weighted by Crippen LogP contribution is -2.47. The van der Waals surface area contributed by atoms with Crippen molar-refractivity contribution in [1.29, 1.82) is 0 Å². The maximum absolute atomic E-state index is 12.4. The zero-order chi connectivity index (χ0) is 21.0. The van der Waals surface area contributed by atoms with E-state index in [0.29, 0.717) is 43.4 Å². The highest BCUT2D eigenvalue weighted by Crippen LogP contribution is 2.47. The number of aryl methyl sites for hydroxylation is 1. The van der Waals surface area contributed by atoms with Gasteiger partial charge in [-0.1, -0.05) is 13.3 Å². The van der Waals surface area contributed by atoms with Gasteiger partial charge in [-0.3, -0.25) is 9.59 Å². The number of ketones is 1. The van der Waals surface area contributed by atoms with Crippen LogP contribution in [0.25, 0.3) is 0 Å². The molecule has 5 heteroatoms. The van der Waals surface area contributed by atoms with Gasteiger partial charge in [0.2, 0.25) is 0 Å². The fraction of sp³-hybridized carbons (Fsp3) is 0.667. The van der Waals surface area contributed by atoms with E-state index in [9.17, 15) is 9.59 Å². The predicted octanol–water partition coefficient (Wildman–Crippen LogP) is 3.91. The average molecular weight is 402 g/mol. The minimum absolute atomic E-state index is 0.195. The molecule has 2 aliphatic rings. The van der Waals surface area contributed by atoms with Crippen molar-refractivity contribution in [3.05, 3.63) is 28.8 Å². The lowest BCUT2D eigenvalue weighted by Gasteiger charge is -2.46. The van der Waals surface area contributed by atoms with E-state index in [-0.39, 0.29) is 11.9 Å². The van der Waals surface area contributed by atoms with Crippen molar-refractivity contribution in [2.45, 2.75) is 70.3 Å². The molecule has 1 saturated carbocycles. The number of fused-ring (bicyclic) bond motifs is 3. The second-order valence-corrected chi connectivity index (χ2v) is 8.59. The number of rotatable bonds is 8. The molecule has 0 aromatic heterocycles. The summed E-state index contributed by atoms with van der Waals surface area (Å²) < 4.78 is 10.4. The maximum Gasteiger partial charge on any atom is 0.305 e. The number of methoxy groups -OCH3 is 2. The molecule has 1 aromatic carbocycles. The first-order valence-corrected chi connectivity index (χ1v) is 11.0. The van der Waals surface area contributed by atoms with Crippen LogP contribution in [0.4, 0.5) is 0 Å². The SMILES string of the molecule is CCCCN(C)C1Cc2c(CCC(=O)OC)cc(OC)cc2C2CC(=O)CCC21. The number of Topliss-reactive ketones (excluding diaryl/α,β-unsaturated/α-hetero) is 1. The van der Waals surface area contributed by atoms with Gasteiger partial charge in [0.25, 0.3) is 0 Å². The van der Waals surface area contributed by atoms with Crippen LogP contribution < -0.4 is 4.74 Å². The van der Waals surface area contributed by atoms with Crippen molar-refractivity contribution in [1.82, 2.24) is 4.90 Å². The molecule has 29 heavy (non-hydrogen) atoms. The topological polar surface area (TPSA) is 55.8 Å². The van der Waals surface area contributed by atoms with E-state index in [2.05, 4.69) is 31.0 Å². The summed E-state index contributed by atoms with van der Waals surface area (Å²) in [7, 11) is 5.34. The van der Waals surface area contributed by atoms with Crippen LogP contribution in [-0.2, 0) is 27.2 Å². The first-order chi connectivity index (χ1) is 14.0. The van der Waals surface area contributed by atoms with E-state index < -0.39 is 0 Å². The molecule has 3 rings (SSSR count). The smallest absolute Gasteiger partial charge is 0.305 e.